The van der Waals surface area contributed by atoms with E-state index >= 15 is 23.5 Å². The Morgan fingerprint density at radius 2 is 0.763 bits per heavy atom. The first-order valence-electron chi connectivity index (χ1n) is 45.2. The highest BCUT2D eigenvalue weighted by molar-refractivity contribution is 7.56. The van der Waals surface area contributed by atoms with E-state index in [9.17, 15) is 28.5 Å². The molecule has 0 aliphatic carbocycles. The lowest BCUT2D eigenvalue weighted by Crippen LogP contribution is -2.53. The van der Waals surface area contributed by atoms with Crippen LogP contribution in [0.4, 0.5) is 4.79 Å². The van der Waals surface area contributed by atoms with Gasteiger partial charge in [-0.1, -0.05) is 6.92 Å². The molecule has 4 heterocycles. The Morgan fingerprint density at radius 3 is 1.15 bits per heavy atom. The second-order valence-electron chi connectivity index (χ2n) is 33.8. The van der Waals surface area contributed by atoms with Gasteiger partial charge in [0.2, 0.25) is 11.8 Å². The number of carbonyl (C=O) groups is 8. The number of rotatable bonds is 67. The first kappa shape index (κ1) is 116. The predicted octanol–water partition coefficient (Wildman–Crippen LogP) is -1.34. The molecule has 0 aromatic rings. The van der Waals surface area contributed by atoms with Gasteiger partial charge >= 0.3 is 21.4 Å². The number of Topliss-reactive ketones (excluding diaryl/α,β-unsaturated/α-hetero) is 5. The van der Waals surface area contributed by atoms with E-state index in [0.29, 0.717) is 38.8 Å². The van der Waals surface area contributed by atoms with E-state index in [1.54, 1.807) is 63.1 Å². The topological polar surface area (TPSA) is 724 Å². The predicted molar refractivity (Wildman–Crippen MR) is 500 cm³/mol. The van der Waals surface area contributed by atoms with E-state index in [-0.39, 0.29) is 282 Å². The molecule has 15 atom stereocenters. The number of nitrogens with one attached hydrogen (secondary N) is 2. The van der Waals surface area contributed by atoms with Crippen LogP contribution in [0.2, 0.25) is 0 Å². The van der Waals surface area contributed by atoms with Crippen LogP contribution in [0.15, 0.2) is 30.0 Å². The minimum Gasteiger partial charge on any atom is -0.447 e. The van der Waals surface area contributed by atoms with Crippen LogP contribution in [0.5, 0.6) is 0 Å². The Morgan fingerprint density at radius 1 is 0.427 bits per heavy atom. The number of guanidine groups is 6. The summed E-state index contributed by atoms with van der Waals surface area (Å²) in [6, 6.07) is 0. The summed E-state index contributed by atoms with van der Waals surface area (Å²) >= 11 is 0. The maximum absolute atomic E-state index is 15.3. The zero-order valence-corrected chi connectivity index (χ0v) is 81.1. The molecule has 4 fully saturated rings. The highest BCUT2D eigenvalue weighted by atomic mass is 31.2. The highest BCUT2D eigenvalue weighted by Crippen LogP contribution is 2.57. The van der Waals surface area contributed by atoms with Crippen molar-refractivity contribution in [2.75, 3.05) is 212 Å². The number of aliphatic imine (C=N–C) groups is 6. The first-order valence-corrected chi connectivity index (χ1v) is 50.0. The van der Waals surface area contributed by atoms with Gasteiger partial charge in [-0.2, -0.15) is 0 Å². The normalized spacial score (nSPS) is 20.9. The summed E-state index contributed by atoms with van der Waals surface area (Å²) in [5, 5.41) is 14.6. The van der Waals surface area contributed by atoms with E-state index in [4.69, 9.17) is 116 Å². The van der Waals surface area contributed by atoms with Gasteiger partial charge in [-0.3, -0.25) is 77.2 Å². The molecule has 0 bridgehead atoms. The van der Waals surface area contributed by atoms with Gasteiger partial charge in [0.1, 0.15) is 35.5 Å². The third kappa shape index (κ3) is 43.7. The van der Waals surface area contributed by atoms with Crippen LogP contribution in [0.1, 0.15) is 143 Å². The minimum atomic E-state index is -3.88. The molecule has 131 heavy (non-hydrogen) atoms. The monoisotopic (exact) mass is 1920 g/mol. The second kappa shape index (κ2) is 61.3. The average molecular weight is 1930 g/mol. The van der Waals surface area contributed by atoms with E-state index in [2.05, 4.69) is 40.6 Å². The van der Waals surface area contributed by atoms with Crippen molar-refractivity contribution in [3.05, 3.63) is 0 Å². The van der Waals surface area contributed by atoms with E-state index in [0.717, 1.165) is 0 Å². The number of nitrogens with two attached hydrogens (primary N) is 12. The van der Waals surface area contributed by atoms with E-state index < -0.39 is 150 Å². The number of hydrogen-bond donors (Lipinski definition) is 15. The van der Waals surface area contributed by atoms with Crippen molar-refractivity contribution in [3.63, 3.8) is 0 Å². The van der Waals surface area contributed by atoms with Crippen LogP contribution in [0.25, 0.3) is 0 Å². The number of aliphatic hydroxyl groups excluding tert-OH is 1. The largest absolute Gasteiger partial charge is 0.447 e. The summed E-state index contributed by atoms with van der Waals surface area (Å²) in [4.78, 5) is 143. The molecular formula is C80H156N27O21P3. The standard InChI is InChI=1S/C80H156N27O21P3/c1-10-58(17-11-23-94-74(81)82)67(109)39-59(18-12-24-95-75(83)84)68(110)40-60(19-13-25-96-76(85)86)69(111)41-61(20-14-26-97-77(87)88)70(112)42-62(21-15-27-98-78(89)90)71(113)43-63(22-16-28-99-79(91)92)73(115)100-44-72(114)104-45-55(2)126-64(48-104)51-123-129(117,54-93-5)106-46-56(3)127-65(49-106)52-125-131(119,102(8)9)107-47-57(4)128-66(50-107)53-124-130(118,101(6)7)105-31-29-103(30-32-105)80(116)122-38-37-121-36-35-120-34-33-108/h55-66,93,108H,10-54H2,1-9H3,(H,100,115)(H4,81,82,94)(H4,83,84,95)(H4,85,86,96)(H4,87,88,97)(H4,89,90,98)(H4,91,92,99). The molecule has 0 spiro atoms. The SMILES string of the molecule is CCC(CCCN=C(N)N)C(=O)CC(CCCN=C(N)N)C(=O)CC(CCCN=C(N)N)C(=O)CC(CCCN=C(N)N)C(=O)CC(CCCN=C(N)N)C(=O)CC(CCCN=C(N)N)C(=O)NCC(=O)N1CC(C)OC(COP(=O)(CNC)N2CC(C)OC(COP(=O)(N(C)C)N3CC(C)OC(COP(=O)(N(C)C)N4CCN(C(=O)OCCOCCOCCO)CC4)C3)C2)C1. The van der Waals surface area contributed by atoms with Crippen molar-refractivity contribution in [1.82, 2.24) is 43.8 Å². The number of morpholine rings is 3. The summed E-state index contributed by atoms with van der Waals surface area (Å²) < 4.78 is 107. The molecule has 3 amide bonds. The molecular weight excluding hydrogens is 1770 g/mol. The number of piperazine rings is 1. The molecule has 752 valence electrons. The fourth-order valence-electron chi connectivity index (χ4n) is 15.9. The Bertz CT molecular complexity index is 3840. The van der Waals surface area contributed by atoms with Crippen LogP contribution in [-0.2, 0) is 89.2 Å². The maximum atomic E-state index is 15.3. The lowest BCUT2D eigenvalue weighted by molar-refractivity contribution is -0.147. The quantitative estimate of drug-likeness (QED) is 0.0145. The van der Waals surface area contributed by atoms with Crippen LogP contribution in [0.3, 0.4) is 0 Å². The van der Waals surface area contributed by atoms with Crippen molar-refractivity contribution in [2.24, 2.45) is 134 Å². The van der Waals surface area contributed by atoms with Crippen molar-refractivity contribution < 1.29 is 99.2 Å². The van der Waals surface area contributed by atoms with Crippen molar-refractivity contribution in [3.8, 4) is 0 Å². The molecule has 48 nitrogen and oxygen atoms in total. The van der Waals surface area contributed by atoms with Gasteiger partial charge in [0.25, 0.3) is 7.52 Å². The summed E-state index contributed by atoms with van der Waals surface area (Å²) in [6.07, 6.45) is -2.87. The number of ketones is 5. The molecule has 0 aromatic carbocycles. The first-order chi connectivity index (χ1) is 62.1. The molecule has 0 aromatic heterocycles. The van der Waals surface area contributed by atoms with Gasteiger partial charge in [-0.25, -0.2) is 28.1 Å². The molecule has 0 saturated carbocycles. The van der Waals surface area contributed by atoms with Gasteiger partial charge in [-0.05, 0) is 139 Å². The summed E-state index contributed by atoms with van der Waals surface area (Å²) in [5.74, 6) is -9.54. The van der Waals surface area contributed by atoms with Crippen LogP contribution < -0.4 is 79.4 Å². The van der Waals surface area contributed by atoms with Crippen LogP contribution in [-0.4, -0.2) is 370 Å². The van der Waals surface area contributed by atoms with Crippen LogP contribution in [0, 0.1) is 35.5 Å². The maximum Gasteiger partial charge on any atom is 0.409 e. The van der Waals surface area contributed by atoms with E-state index in [1.165, 1.54) is 19.1 Å². The Labute approximate surface area is 771 Å². The number of hydrogen-bond acceptors (Lipinski definition) is 28. The molecule has 4 aliphatic heterocycles. The lowest BCUT2D eigenvalue weighted by Gasteiger charge is -2.44. The van der Waals surface area contributed by atoms with Gasteiger partial charge < -0.3 is 136 Å². The van der Waals surface area contributed by atoms with Gasteiger partial charge in [0, 0.05) is 172 Å². The molecule has 51 heteroatoms. The number of amides is 3. The fourth-order valence-corrected chi connectivity index (χ4v) is 22.1. The van der Waals surface area contributed by atoms with Crippen molar-refractivity contribution in [2.45, 2.75) is 180 Å². The molecule has 27 N–H and O–H groups in total. The number of aliphatic hydroxyl groups is 1. The Balaban J connectivity index is 1.50. The summed E-state index contributed by atoms with van der Waals surface area (Å²) in [6.45, 7) is 9.21. The number of ether oxygens (including phenoxy) is 6. The van der Waals surface area contributed by atoms with Crippen molar-refractivity contribution >= 4 is 105 Å². The second-order valence-corrected chi connectivity index (χ2v) is 41.4. The summed E-state index contributed by atoms with van der Waals surface area (Å²) in [5.41, 5.74) is 67.8. The zero-order valence-electron chi connectivity index (χ0n) is 78.4. The molecule has 4 saturated heterocycles. The Kier molecular flexibility index (Phi) is 54.1. The molecule has 0 radical (unpaired) electrons. The highest BCUT2D eigenvalue weighted by Gasteiger charge is 2.47. The zero-order chi connectivity index (χ0) is 97.4. The molecule has 4 aliphatic rings. The van der Waals surface area contributed by atoms with Gasteiger partial charge in [0.15, 0.2) is 35.8 Å². The Hall–Kier alpha value is -7.73. The minimum absolute atomic E-state index is 0.0248. The fraction of sp³-hybridized carbons (Fsp3) is 0.825. The van der Waals surface area contributed by atoms with Gasteiger partial charge in [-0.15, -0.1) is 0 Å². The third-order valence-electron chi connectivity index (χ3n) is 22.5. The number of nitrogens with zero attached hydrogens (tertiary/aromatic N) is 13. The lowest BCUT2D eigenvalue weighted by atomic mass is 9.78. The van der Waals surface area contributed by atoms with Gasteiger partial charge in [0.05, 0.1) is 102 Å². The molecule has 4 rings (SSSR count). The van der Waals surface area contributed by atoms with E-state index in [1.807, 2.05) is 13.8 Å². The number of carbonyl (C=O) groups excluding carboxylic acids is 8. The third-order valence-corrected chi connectivity index (χ3v) is 30.1. The molecule has 15 unspecified atom stereocenters. The summed E-state index contributed by atoms with van der Waals surface area (Å²) in [7, 11) is -3.22. The van der Waals surface area contributed by atoms with Crippen molar-refractivity contribution in [1.29, 1.82) is 0 Å². The smallest absolute Gasteiger partial charge is 0.409 e. The average Bonchev–Trinajstić information content (AvgIpc) is 0.782. The van der Waals surface area contributed by atoms with Crippen LogP contribution >= 0.6 is 22.9 Å².